The molecule has 0 heterocycles. The molecule has 0 aromatic heterocycles. The molecule has 0 radical (unpaired) electrons. The van der Waals surface area contributed by atoms with Gasteiger partial charge in [-0.25, -0.2) is 0 Å². The summed E-state index contributed by atoms with van der Waals surface area (Å²) in [5.41, 5.74) is 5.25. The van der Waals surface area contributed by atoms with Crippen molar-refractivity contribution in [2.75, 3.05) is 0 Å². The van der Waals surface area contributed by atoms with Gasteiger partial charge in [0.2, 0.25) is 0 Å². The second kappa shape index (κ2) is 10.5. The van der Waals surface area contributed by atoms with Crippen molar-refractivity contribution in [2.45, 2.75) is 47.5 Å². The summed E-state index contributed by atoms with van der Waals surface area (Å²) in [5.74, 6) is 0. The molecule has 20 heavy (non-hydrogen) atoms. The Bertz CT molecular complexity index is 474. The van der Waals surface area contributed by atoms with E-state index in [0.29, 0.717) is 5.71 Å². The van der Waals surface area contributed by atoms with Gasteiger partial charge in [-0.05, 0) is 68.7 Å². The molecule has 0 bridgehead atoms. The summed E-state index contributed by atoms with van der Waals surface area (Å²) < 4.78 is 0. The predicted octanol–water partition coefficient (Wildman–Crippen LogP) is 6.03. The monoisotopic (exact) mass is 289 g/mol. The van der Waals surface area contributed by atoms with Gasteiger partial charge in [0.15, 0.2) is 0 Å². The van der Waals surface area contributed by atoms with E-state index in [4.69, 9.17) is 5.41 Å². The van der Waals surface area contributed by atoms with Gasteiger partial charge in [0, 0.05) is 0 Å². The fourth-order valence-electron chi connectivity index (χ4n) is 1.49. The lowest BCUT2D eigenvalue weighted by Gasteiger charge is -2.02. The topological polar surface area (TPSA) is 23.9 Å². The molecule has 0 rings (SSSR count). The van der Waals surface area contributed by atoms with Crippen LogP contribution in [-0.4, -0.2) is 5.71 Å². The Labute approximate surface area is 129 Å². The highest BCUT2D eigenvalue weighted by atomic mass is 32.1. The smallest absolute Gasteiger partial charge is 0.0566 e. The number of thiol groups is 1. The molecule has 0 aliphatic carbocycles. The average Bonchev–Trinajstić information content (AvgIpc) is 2.42. The summed E-state index contributed by atoms with van der Waals surface area (Å²) in [6.45, 7) is 10.4. The Morgan fingerprint density at radius 1 is 1.05 bits per heavy atom. The molecule has 0 atom stereocenters. The van der Waals surface area contributed by atoms with Gasteiger partial charge < -0.3 is 5.41 Å². The molecular formula is C18H27NS. The minimum Gasteiger partial charge on any atom is -0.301 e. The molecule has 0 aliphatic heterocycles. The molecule has 110 valence electrons. The minimum absolute atomic E-state index is 0.564. The van der Waals surface area contributed by atoms with E-state index in [9.17, 15) is 0 Å². The molecule has 0 unspecified atom stereocenters. The van der Waals surface area contributed by atoms with E-state index in [2.05, 4.69) is 39.5 Å². The number of nitrogens with one attached hydrogen (secondary N) is 1. The highest BCUT2D eigenvalue weighted by molar-refractivity contribution is 7.83. The lowest BCUT2D eigenvalue weighted by atomic mass is 10.0. The molecule has 0 saturated carbocycles. The van der Waals surface area contributed by atoms with E-state index in [-0.39, 0.29) is 0 Å². The van der Waals surface area contributed by atoms with E-state index in [0.717, 1.165) is 29.6 Å². The van der Waals surface area contributed by atoms with Crippen molar-refractivity contribution in [3.8, 4) is 0 Å². The Balaban J connectivity index is 4.71. The van der Waals surface area contributed by atoms with Crippen molar-refractivity contribution >= 4 is 18.3 Å². The Morgan fingerprint density at radius 3 is 2.25 bits per heavy atom. The van der Waals surface area contributed by atoms with Gasteiger partial charge >= 0.3 is 0 Å². The standard InChI is InChI=1S/C18H27NS/c1-6-14(2)9-7-8-10-18(19)17(5)13-16(4)15(3)11-12-20/h8-13,19-20H,6-7H2,1-5H3/b10-8+,12-11-,14-9+,16-15+,17-13+,19-18?. The molecule has 0 aromatic rings. The Morgan fingerprint density at radius 2 is 1.70 bits per heavy atom. The summed E-state index contributed by atoms with van der Waals surface area (Å²) in [5, 5.41) is 9.76. The van der Waals surface area contributed by atoms with Gasteiger partial charge in [0.05, 0.1) is 5.71 Å². The highest BCUT2D eigenvalue weighted by Crippen LogP contribution is 2.11. The van der Waals surface area contributed by atoms with Crippen molar-refractivity contribution in [1.29, 1.82) is 5.41 Å². The summed E-state index contributed by atoms with van der Waals surface area (Å²) in [7, 11) is 0. The van der Waals surface area contributed by atoms with Crippen molar-refractivity contribution in [3.05, 3.63) is 58.1 Å². The number of hydrogen-bond donors (Lipinski definition) is 2. The van der Waals surface area contributed by atoms with E-state index in [1.807, 2.05) is 38.2 Å². The second-order valence-electron chi connectivity index (χ2n) is 4.96. The fourth-order valence-corrected chi connectivity index (χ4v) is 1.71. The third-order valence-electron chi connectivity index (χ3n) is 3.25. The molecule has 1 N–H and O–H groups in total. The van der Waals surface area contributed by atoms with Gasteiger partial charge in [-0.3, -0.25) is 0 Å². The lowest BCUT2D eigenvalue weighted by molar-refractivity contribution is 1.08. The number of hydrogen-bond acceptors (Lipinski definition) is 2. The summed E-state index contributed by atoms with van der Waals surface area (Å²) in [4.78, 5) is 0. The summed E-state index contributed by atoms with van der Waals surface area (Å²) >= 11 is 4.07. The van der Waals surface area contributed by atoms with E-state index >= 15 is 0 Å². The third-order valence-corrected chi connectivity index (χ3v) is 3.40. The van der Waals surface area contributed by atoms with E-state index < -0.39 is 0 Å². The van der Waals surface area contributed by atoms with Crippen LogP contribution in [0.5, 0.6) is 0 Å². The first-order valence-electron chi connectivity index (χ1n) is 7.00. The molecule has 1 nitrogen and oxygen atoms in total. The highest BCUT2D eigenvalue weighted by Gasteiger charge is 1.96. The van der Waals surface area contributed by atoms with Crippen LogP contribution in [0.3, 0.4) is 0 Å². The zero-order valence-electron chi connectivity index (χ0n) is 13.3. The molecule has 0 aliphatic rings. The normalized spacial score (nSPS) is 15.1. The maximum Gasteiger partial charge on any atom is 0.0566 e. The van der Waals surface area contributed by atoms with Crippen molar-refractivity contribution in [3.63, 3.8) is 0 Å². The van der Waals surface area contributed by atoms with Crippen molar-refractivity contribution < 1.29 is 0 Å². The molecule has 0 fully saturated rings. The van der Waals surface area contributed by atoms with Crippen LogP contribution in [0, 0.1) is 5.41 Å². The number of rotatable bonds is 7. The first-order chi connectivity index (χ1) is 9.42. The Hall–Kier alpha value is -1.28. The molecule has 0 spiro atoms. The van der Waals surface area contributed by atoms with Crippen LogP contribution in [0.25, 0.3) is 0 Å². The first kappa shape index (κ1) is 18.7. The fraction of sp³-hybridized carbons (Fsp3) is 0.389. The molecule has 2 heteroatoms. The van der Waals surface area contributed by atoms with Crippen LogP contribution in [0.4, 0.5) is 0 Å². The summed E-state index contributed by atoms with van der Waals surface area (Å²) in [6, 6.07) is 0. The SMILES string of the molecule is CC/C(C)=C/C/C=C/C(=N)/C(C)=C/C(C)=C(C)/C=C\S. The van der Waals surface area contributed by atoms with Crippen LogP contribution in [0.1, 0.15) is 47.5 Å². The molecule has 0 amide bonds. The van der Waals surface area contributed by atoms with Crippen molar-refractivity contribution in [2.24, 2.45) is 0 Å². The van der Waals surface area contributed by atoms with Crippen LogP contribution >= 0.6 is 12.6 Å². The zero-order valence-corrected chi connectivity index (χ0v) is 14.2. The molecule has 0 saturated heterocycles. The quantitative estimate of drug-likeness (QED) is 0.247. The van der Waals surface area contributed by atoms with Crippen molar-refractivity contribution in [1.82, 2.24) is 0 Å². The van der Waals surface area contributed by atoms with Gasteiger partial charge in [-0.2, -0.15) is 12.6 Å². The first-order valence-corrected chi connectivity index (χ1v) is 7.51. The third kappa shape index (κ3) is 8.00. The van der Waals surface area contributed by atoms with Gasteiger partial charge in [-0.15, -0.1) is 0 Å². The molecular weight excluding hydrogens is 262 g/mol. The van der Waals surface area contributed by atoms with Gasteiger partial charge in [-0.1, -0.05) is 36.8 Å². The largest absolute Gasteiger partial charge is 0.301 e. The number of allylic oxidation sites excluding steroid dienone is 9. The maximum atomic E-state index is 8.03. The van der Waals surface area contributed by atoms with Gasteiger partial charge in [0.25, 0.3) is 0 Å². The summed E-state index contributed by atoms with van der Waals surface area (Å²) in [6.07, 6.45) is 12.1. The van der Waals surface area contributed by atoms with E-state index in [1.54, 1.807) is 5.41 Å². The van der Waals surface area contributed by atoms with Crippen LogP contribution in [0.15, 0.2) is 58.1 Å². The van der Waals surface area contributed by atoms with E-state index in [1.165, 1.54) is 5.57 Å². The lowest BCUT2D eigenvalue weighted by Crippen LogP contribution is -1.94. The van der Waals surface area contributed by atoms with Crippen LogP contribution < -0.4 is 0 Å². The second-order valence-corrected chi connectivity index (χ2v) is 5.26. The molecule has 0 aromatic carbocycles. The van der Waals surface area contributed by atoms with Crippen LogP contribution in [0.2, 0.25) is 0 Å². The average molecular weight is 289 g/mol. The van der Waals surface area contributed by atoms with Crippen LogP contribution in [-0.2, 0) is 0 Å². The zero-order chi connectivity index (χ0) is 15.5. The maximum absolute atomic E-state index is 8.03. The Kier molecular flexibility index (Phi) is 9.83. The minimum atomic E-state index is 0.564. The predicted molar refractivity (Wildman–Crippen MR) is 95.8 cm³/mol. The van der Waals surface area contributed by atoms with Gasteiger partial charge in [0.1, 0.15) is 0 Å².